The average molecular weight is 436 g/mol. The zero-order valence-corrected chi connectivity index (χ0v) is 17.1. The second kappa shape index (κ2) is 8.34. The largest absolute Gasteiger partial charge is 0.373 e. The minimum atomic E-state index is 0. The van der Waals surface area contributed by atoms with Gasteiger partial charge in [-0.3, -0.25) is 4.99 Å². The number of aliphatic imine (C=N–C) groups is 1. The Bertz CT molecular complexity index is 409. The molecule has 3 aliphatic rings. The second-order valence-corrected chi connectivity index (χ2v) is 7.47. The van der Waals surface area contributed by atoms with Gasteiger partial charge in [-0.15, -0.1) is 24.0 Å². The van der Waals surface area contributed by atoms with E-state index < -0.39 is 0 Å². The van der Waals surface area contributed by atoms with Gasteiger partial charge in [-0.2, -0.15) is 0 Å². The first-order valence-electron chi connectivity index (χ1n) is 8.93. The third-order valence-corrected chi connectivity index (χ3v) is 5.97. The second-order valence-electron chi connectivity index (χ2n) is 7.47. The van der Waals surface area contributed by atoms with Crippen LogP contribution in [-0.4, -0.2) is 62.3 Å². The van der Waals surface area contributed by atoms with Gasteiger partial charge in [0.2, 0.25) is 0 Å². The summed E-state index contributed by atoms with van der Waals surface area (Å²) in [5.41, 5.74) is 0.279. The lowest BCUT2D eigenvalue weighted by atomic mass is 9.80. The summed E-state index contributed by atoms with van der Waals surface area (Å²) in [6.07, 6.45) is 11.0. The van der Waals surface area contributed by atoms with Crippen LogP contribution in [0.15, 0.2) is 4.99 Å². The van der Waals surface area contributed by atoms with Crippen molar-refractivity contribution in [2.75, 3.05) is 27.7 Å². The summed E-state index contributed by atoms with van der Waals surface area (Å²) < 4.78 is 5.93. The van der Waals surface area contributed by atoms with Crippen LogP contribution < -0.4 is 10.6 Å². The van der Waals surface area contributed by atoms with Crippen LogP contribution in [0.5, 0.6) is 0 Å². The molecule has 2 saturated heterocycles. The molecule has 0 aromatic heterocycles. The molecule has 3 fully saturated rings. The number of halogens is 1. The summed E-state index contributed by atoms with van der Waals surface area (Å²) >= 11 is 0. The lowest BCUT2D eigenvalue weighted by Crippen LogP contribution is -2.56. The topological polar surface area (TPSA) is 48.9 Å². The maximum atomic E-state index is 5.93. The highest BCUT2D eigenvalue weighted by molar-refractivity contribution is 14.0. The molecule has 1 aliphatic carbocycles. The van der Waals surface area contributed by atoms with Crippen LogP contribution >= 0.6 is 24.0 Å². The van der Waals surface area contributed by atoms with E-state index in [1.54, 1.807) is 0 Å². The van der Waals surface area contributed by atoms with Gasteiger partial charge in [-0.25, -0.2) is 0 Å². The molecule has 0 radical (unpaired) electrons. The molecular formula is C17H33IN4O. The Morgan fingerprint density at radius 1 is 1.22 bits per heavy atom. The van der Waals surface area contributed by atoms with Crippen molar-refractivity contribution in [1.29, 1.82) is 0 Å². The Morgan fingerprint density at radius 2 is 1.96 bits per heavy atom. The first-order valence-corrected chi connectivity index (χ1v) is 8.93. The quantitative estimate of drug-likeness (QED) is 0.404. The molecule has 2 heterocycles. The van der Waals surface area contributed by atoms with Crippen molar-refractivity contribution in [3.05, 3.63) is 0 Å². The van der Waals surface area contributed by atoms with Gasteiger partial charge in [0.15, 0.2) is 5.96 Å². The van der Waals surface area contributed by atoms with Gasteiger partial charge in [-0.1, -0.05) is 19.3 Å². The molecule has 134 valence electrons. The van der Waals surface area contributed by atoms with Crippen LogP contribution in [0.1, 0.15) is 51.4 Å². The SMILES string of the molecule is CN=C(NCC1(N(C)C)CCCCC1)NC1CC2CCC1O2.I. The Balaban J connectivity index is 0.00000192. The third-order valence-electron chi connectivity index (χ3n) is 5.97. The maximum Gasteiger partial charge on any atom is 0.191 e. The number of likely N-dealkylation sites (N-methyl/N-ethyl adjacent to an activating group) is 1. The molecule has 0 amide bonds. The van der Waals surface area contributed by atoms with E-state index in [4.69, 9.17) is 4.74 Å². The van der Waals surface area contributed by atoms with Crippen LogP contribution in [0, 0.1) is 0 Å². The van der Waals surface area contributed by atoms with E-state index >= 15 is 0 Å². The molecule has 6 heteroatoms. The molecule has 5 nitrogen and oxygen atoms in total. The highest BCUT2D eigenvalue weighted by Crippen LogP contribution is 2.34. The lowest BCUT2D eigenvalue weighted by molar-refractivity contribution is 0.0982. The van der Waals surface area contributed by atoms with Crippen LogP contribution in [0.2, 0.25) is 0 Å². The van der Waals surface area contributed by atoms with Crippen LogP contribution in [0.4, 0.5) is 0 Å². The van der Waals surface area contributed by atoms with Gasteiger partial charge < -0.3 is 20.3 Å². The monoisotopic (exact) mass is 436 g/mol. The first kappa shape index (κ1) is 19.2. The van der Waals surface area contributed by atoms with Crippen LogP contribution in [0.25, 0.3) is 0 Å². The normalized spacial score (nSPS) is 32.7. The highest BCUT2D eigenvalue weighted by atomic mass is 127. The lowest BCUT2D eigenvalue weighted by Gasteiger charge is -2.43. The van der Waals surface area contributed by atoms with Crippen molar-refractivity contribution in [1.82, 2.24) is 15.5 Å². The number of rotatable bonds is 4. The fourth-order valence-electron chi connectivity index (χ4n) is 4.40. The molecule has 0 aromatic carbocycles. The van der Waals surface area contributed by atoms with E-state index in [2.05, 4.69) is 34.6 Å². The van der Waals surface area contributed by atoms with E-state index in [0.717, 1.165) is 18.9 Å². The number of fused-ring (bicyclic) bond motifs is 2. The smallest absolute Gasteiger partial charge is 0.191 e. The zero-order chi connectivity index (χ0) is 15.6. The number of nitrogens with zero attached hydrogens (tertiary/aromatic N) is 2. The summed E-state index contributed by atoms with van der Waals surface area (Å²) in [7, 11) is 6.30. The van der Waals surface area contributed by atoms with E-state index in [1.165, 1.54) is 44.9 Å². The van der Waals surface area contributed by atoms with E-state index in [-0.39, 0.29) is 29.5 Å². The predicted octanol–water partition coefficient (Wildman–Crippen LogP) is 2.35. The van der Waals surface area contributed by atoms with Crippen LogP contribution in [-0.2, 0) is 4.74 Å². The molecule has 0 aromatic rings. The van der Waals surface area contributed by atoms with Gasteiger partial charge in [0.1, 0.15) is 0 Å². The number of guanidine groups is 1. The third kappa shape index (κ3) is 4.31. The van der Waals surface area contributed by atoms with E-state index in [9.17, 15) is 0 Å². The first-order chi connectivity index (χ1) is 10.6. The number of hydrogen-bond acceptors (Lipinski definition) is 3. The molecule has 2 N–H and O–H groups in total. The van der Waals surface area contributed by atoms with Crippen molar-refractivity contribution in [2.24, 2.45) is 4.99 Å². The van der Waals surface area contributed by atoms with Gasteiger partial charge in [-0.05, 0) is 46.2 Å². The maximum absolute atomic E-state index is 5.93. The summed E-state index contributed by atoms with van der Waals surface area (Å²) in [4.78, 5) is 6.84. The summed E-state index contributed by atoms with van der Waals surface area (Å²) in [5, 5.41) is 7.18. The van der Waals surface area contributed by atoms with Crippen molar-refractivity contribution < 1.29 is 4.74 Å². The molecule has 3 unspecified atom stereocenters. The standard InChI is InChI=1S/C17H32N4O.HI/c1-18-16(20-14-11-13-7-8-15(14)22-13)19-12-17(21(2)3)9-5-4-6-10-17;/h13-15H,4-12H2,1-3H3,(H2,18,19,20);1H. The van der Waals surface area contributed by atoms with E-state index in [1.807, 2.05) is 7.05 Å². The van der Waals surface area contributed by atoms with Gasteiger partial charge in [0.05, 0.1) is 18.2 Å². The molecule has 2 aliphatic heterocycles. The Hall–Kier alpha value is -0.0800. The van der Waals surface area contributed by atoms with E-state index in [0.29, 0.717) is 18.2 Å². The Kier molecular flexibility index (Phi) is 6.98. The molecule has 0 spiro atoms. The van der Waals surface area contributed by atoms with Crippen molar-refractivity contribution in [3.8, 4) is 0 Å². The summed E-state index contributed by atoms with van der Waals surface area (Å²) in [6, 6.07) is 0.437. The Morgan fingerprint density at radius 3 is 2.48 bits per heavy atom. The summed E-state index contributed by atoms with van der Waals surface area (Å²) in [6.45, 7) is 0.974. The minimum Gasteiger partial charge on any atom is -0.373 e. The molecule has 3 atom stereocenters. The number of nitrogens with one attached hydrogen (secondary N) is 2. The van der Waals surface area contributed by atoms with Crippen molar-refractivity contribution in [3.63, 3.8) is 0 Å². The summed E-state index contributed by atoms with van der Waals surface area (Å²) in [5.74, 6) is 0.938. The fraction of sp³-hybridized carbons (Fsp3) is 0.941. The van der Waals surface area contributed by atoms with Gasteiger partial charge >= 0.3 is 0 Å². The number of hydrogen-bond donors (Lipinski definition) is 2. The molecule has 23 heavy (non-hydrogen) atoms. The molecule has 3 rings (SSSR count). The van der Waals surface area contributed by atoms with Crippen molar-refractivity contribution in [2.45, 2.75) is 75.2 Å². The number of ether oxygens (including phenoxy) is 1. The fourth-order valence-corrected chi connectivity index (χ4v) is 4.40. The average Bonchev–Trinajstić information content (AvgIpc) is 3.14. The van der Waals surface area contributed by atoms with Gasteiger partial charge in [0, 0.05) is 19.1 Å². The van der Waals surface area contributed by atoms with Gasteiger partial charge in [0.25, 0.3) is 0 Å². The minimum absolute atomic E-state index is 0. The highest BCUT2D eigenvalue weighted by Gasteiger charge is 2.41. The predicted molar refractivity (Wildman–Crippen MR) is 106 cm³/mol. The zero-order valence-electron chi connectivity index (χ0n) is 14.8. The van der Waals surface area contributed by atoms with Crippen LogP contribution in [0.3, 0.4) is 0 Å². The molecule has 2 bridgehead atoms. The molecule has 1 saturated carbocycles. The Labute approximate surface area is 158 Å². The molecular weight excluding hydrogens is 403 g/mol. The van der Waals surface area contributed by atoms with Crippen molar-refractivity contribution >= 4 is 29.9 Å².